The molecule has 1 aromatic rings. The van der Waals surface area contributed by atoms with Gasteiger partial charge in [-0.15, -0.1) is 13.2 Å². The molecule has 0 saturated carbocycles. The van der Waals surface area contributed by atoms with Gasteiger partial charge in [0.1, 0.15) is 0 Å². The zero-order valence-corrected chi connectivity index (χ0v) is 8.29. The van der Waals surface area contributed by atoms with Crippen molar-refractivity contribution in [3.63, 3.8) is 0 Å². The maximum absolute atomic E-state index is 5.55. The van der Waals surface area contributed by atoms with Crippen LogP contribution >= 0.6 is 0 Å². The Bertz CT molecular complexity index is 345. The van der Waals surface area contributed by atoms with Gasteiger partial charge in [-0.05, 0) is 41.7 Å². The molecule has 0 aliphatic heterocycles. The van der Waals surface area contributed by atoms with Gasteiger partial charge in [0.25, 0.3) is 0 Å². The Morgan fingerprint density at radius 3 is 2.57 bits per heavy atom. The van der Waals surface area contributed by atoms with E-state index in [0.717, 1.165) is 29.5 Å². The normalized spacial score (nSPS) is 9.43. The second-order valence-electron chi connectivity index (χ2n) is 3.09. The molecule has 0 atom stereocenters. The number of hydrogen-bond donors (Lipinski definition) is 0. The van der Waals surface area contributed by atoms with E-state index in [0.29, 0.717) is 0 Å². The first-order chi connectivity index (χ1) is 6.81. The number of benzene rings is 1. The van der Waals surface area contributed by atoms with E-state index >= 15 is 0 Å². The van der Waals surface area contributed by atoms with Gasteiger partial charge in [0, 0.05) is 0 Å². The van der Waals surface area contributed by atoms with Crippen molar-refractivity contribution in [1.29, 1.82) is 0 Å². The Kier molecular flexibility index (Phi) is 3.93. The highest BCUT2D eigenvalue weighted by Crippen LogP contribution is 2.14. The molecule has 0 unspecified atom stereocenters. The van der Waals surface area contributed by atoms with E-state index in [2.05, 4.69) is 19.2 Å². The quantitative estimate of drug-likeness (QED) is 0.612. The van der Waals surface area contributed by atoms with Crippen molar-refractivity contribution >= 4 is 6.08 Å². The van der Waals surface area contributed by atoms with Crippen LogP contribution in [0.2, 0.25) is 0 Å². The Morgan fingerprint density at radius 2 is 2.00 bits per heavy atom. The molecular weight excluding hydrogens is 168 g/mol. The van der Waals surface area contributed by atoms with Crippen LogP contribution in [-0.2, 0) is 12.8 Å². The van der Waals surface area contributed by atoms with Gasteiger partial charge in [-0.1, -0.05) is 30.9 Å². The molecule has 0 nitrogen and oxygen atoms in total. The monoisotopic (exact) mass is 182 g/mol. The predicted molar refractivity (Wildman–Crippen MR) is 61.8 cm³/mol. The highest BCUT2D eigenvalue weighted by molar-refractivity contribution is 5.52. The first-order valence-electron chi connectivity index (χ1n) is 4.62. The molecule has 0 amide bonds. The van der Waals surface area contributed by atoms with Crippen LogP contribution in [0.15, 0.2) is 37.4 Å². The second-order valence-corrected chi connectivity index (χ2v) is 3.09. The van der Waals surface area contributed by atoms with Crippen LogP contribution < -0.4 is 0 Å². The van der Waals surface area contributed by atoms with E-state index in [1.165, 1.54) is 0 Å². The Labute approximate surface area is 86.3 Å². The van der Waals surface area contributed by atoms with E-state index in [1.807, 2.05) is 24.3 Å². The van der Waals surface area contributed by atoms with Crippen molar-refractivity contribution in [1.82, 2.24) is 0 Å². The summed E-state index contributed by atoms with van der Waals surface area (Å²) in [5.41, 5.74) is 3.33. The zero-order chi connectivity index (χ0) is 10.4. The van der Waals surface area contributed by atoms with E-state index in [9.17, 15) is 0 Å². The summed E-state index contributed by atoms with van der Waals surface area (Å²) in [6, 6.07) is 7.22. The summed E-state index contributed by atoms with van der Waals surface area (Å²) in [5, 5.41) is 0. The summed E-state index contributed by atoms with van der Waals surface area (Å²) in [7, 11) is 0. The van der Waals surface area contributed by atoms with Crippen LogP contribution in [0.5, 0.6) is 0 Å². The predicted octanol–water partition coefficient (Wildman–Crippen LogP) is 3.39. The third kappa shape index (κ3) is 2.46. The average molecular weight is 182 g/mol. The van der Waals surface area contributed by atoms with Gasteiger partial charge in [-0.2, -0.15) is 0 Å². The topological polar surface area (TPSA) is 0 Å². The van der Waals surface area contributed by atoms with Gasteiger partial charge in [0.05, 0.1) is 0 Å². The first kappa shape index (κ1) is 10.5. The van der Waals surface area contributed by atoms with Crippen LogP contribution in [0.1, 0.15) is 16.7 Å². The van der Waals surface area contributed by atoms with Crippen molar-refractivity contribution in [2.75, 3.05) is 0 Å². The van der Waals surface area contributed by atoms with Crippen molar-refractivity contribution < 1.29 is 0 Å². The lowest BCUT2D eigenvalue weighted by Crippen LogP contribution is -1.90. The minimum atomic E-state index is 0.827. The Balaban J connectivity index is 3.03. The molecule has 0 heteroatoms. The first-order valence-corrected chi connectivity index (χ1v) is 4.62. The van der Waals surface area contributed by atoms with Crippen LogP contribution in [-0.4, -0.2) is 0 Å². The van der Waals surface area contributed by atoms with Crippen molar-refractivity contribution in [3.8, 4) is 0 Å². The van der Waals surface area contributed by atoms with Crippen molar-refractivity contribution in [2.45, 2.75) is 12.8 Å². The summed E-state index contributed by atoms with van der Waals surface area (Å²) >= 11 is 0. The van der Waals surface area contributed by atoms with Gasteiger partial charge in [-0.25, -0.2) is 0 Å². The molecule has 0 spiro atoms. The average Bonchev–Trinajstić information content (AvgIpc) is 2.21. The Hall–Kier alpha value is -1.56. The summed E-state index contributed by atoms with van der Waals surface area (Å²) in [6.45, 7) is 12.9. The molecule has 0 bridgehead atoms. The molecule has 14 heavy (non-hydrogen) atoms. The van der Waals surface area contributed by atoms with Gasteiger partial charge in [-0.3, -0.25) is 0 Å². The largest absolute Gasteiger partial charge is 0.103 e. The molecule has 70 valence electrons. The standard InChI is InChI=1S/C14H14/c1-4-7-12-9-10-14(8-5-2)13(6-3)11-12/h3-6,10-11H,1-2,7-8H2. The highest BCUT2D eigenvalue weighted by atomic mass is 14.0. The molecule has 0 fully saturated rings. The maximum Gasteiger partial charge on any atom is -0.00938 e. The summed E-state index contributed by atoms with van der Waals surface area (Å²) in [4.78, 5) is 0. The minimum Gasteiger partial charge on any atom is -0.103 e. The maximum atomic E-state index is 5.55. The smallest absolute Gasteiger partial charge is 0.00938 e. The fourth-order valence-electron chi connectivity index (χ4n) is 1.35. The van der Waals surface area contributed by atoms with Crippen LogP contribution in [0.25, 0.3) is 6.08 Å². The van der Waals surface area contributed by atoms with E-state index < -0.39 is 0 Å². The third-order valence-corrected chi connectivity index (χ3v) is 2.04. The number of rotatable bonds is 5. The lowest BCUT2D eigenvalue weighted by Gasteiger charge is -2.05. The molecule has 0 heterocycles. The van der Waals surface area contributed by atoms with Gasteiger partial charge in [0.15, 0.2) is 0 Å². The molecule has 0 aromatic heterocycles. The van der Waals surface area contributed by atoms with Gasteiger partial charge >= 0.3 is 0 Å². The molecule has 0 N–H and O–H groups in total. The molecule has 1 aromatic carbocycles. The molecular formula is C14H14. The van der Waals surface area contributed by atoms with E-state index in [4.69, 9.17) is 6.58 Å². The lowest BCUT2D eigenvalue weighted by molar-refractivity contribution is 1.20. The molecule has 1 rings (SSSR count). The Morgan fingerprint density at radius 1 is 1.29 bits per heavy atom. The molecule has 2 radical (unpaired) electrons. The fourth-order valence-corrected chi connectivity index (χ4v) is 1.35. The van der Waals surface area contributed by atoms with Crippen LogP contribution in [0.4, 0.5) is 0 Å². The van der Waals surface area contributed by atoms with Crippen LogP contribution in [0, 0.1) is 12.6 Å². The zero-order valence-electron chi connectivity index (χ0n) is 8.29. The number of allylic oxidation sites excluding steroid dienone is 2. The van der Waals surface area contributed by atoms with E-state index in [-0.39, 0.29) is 0 Å². The van der Waals surface area contributed by atoms with Crippen LogP contribution in [0.3, 0.4) is 0 Å². The molecule has 0 saturated heterocycles. The summed E-state index contributed by atoms with van der Waals surface area (Å²) in [5.74, 6) is 0. The minimum absolute atomic E-state index is 0.827. The fraction of sp³-hybridized carbons (Fsp3) is 0.143. The van der Waals surface area contributed by atoms with Gasteiger partial charge < -0.3 is 0 Å². The number of hydrogen-bond acceptors (Lipinski definition) is 0. The van der Waals surface area contributed by atoms with Crippen molar-refractivity contribution in [3.05, 3.63) is 66.8 Å². The summed E-state index contributed by atoms with van der Waals surface area (Å²) in [6.07, 6.45) is 7.00. The molecule has 0 aliphatic rings. The second kappa shape index (κ2) is 5.23. The lowest BCUT2D eigenvalue weighted by atomic mass is 10.00. The van der Waals surface area contributed by atoms with E-state index in [1.54, 1.807) is 6.08 Å². The summed E-state index contributed by atoms with van der Waals surface area (Å²) < 4.78 is 0. The SMILES string of the molecule is [CH]=Cc1cc(CC=C)[c]cc1CC=C. The third-order valence-electron chi connectivity index (χ3n) is 2.04. The van der Waals surface area contributed by atoms with Crippen molar-refractivity contribution in [2.24, 2.45) is 0 Å². The van der Waals surface area contributed by atoms with Gasteiger partial charge in [0.2, 0.25) is 0 Å². The highest BCUT2D eigenvalue weighted by Gasteiger charge is 1.99. The molecule has 0 aliphatic carbocycles.